The number of rotatable bonds is 29. The topological polar surface area (TPSA) is 351 Å². The van der Waals surface area contributed by atoms with E-state index in [1.54, 1.807) is 23.0 Å². The Morgan fingerprint density at radius 3 is 2.12 bits per heavy atom. The molecule has 3 aromatic carbocycles. The first kappa shape index (κ1) is 75.8. The standard InChI is InChI=1S/C72H101N11O12S2/c1-46(85)59(43-84)78-71(93)60-45-97-96-44-53(40-63(88)57(36-49-25-9-5-10-26-49)75-65(89)42-83-61-32-13-7-14-33-64(67(61)81-82-83)95-35-21-4-3-8-22-48-23-15-16-24-48)69(91)77-58(37-50-27-11-6-12-28-50)62(87)39-51(38-52-41-74-55-30-18-17-29-54(52)55)68(90)76-56(31-19-20-34-73)70(92)80-66(47(2)86)72(94)79-60/h5-6,9-12,17-18,25-30,41,46-48,51,53,56-60,64,66,74,84-86H,3-4,7-8,13-16,19-24,31-40,42-45,73H2,1-2H3,(H,75,89)(H,76,90)(H,77,91)(H,78,93)(H,79,94)(H,80,92). The van der Waals surface area contributed by atoms with Gasteiger partial charge in [-0.1, -0.05) is 170 Å². The summed E-state index contributed by atoms with van der Waals surface area (Å²) in [6.07, 6.45) is 14.3. The highest BCUT2D eigenvalue weighted by molar-refractivity contribution is 8.76. The van der Waals surface area contributed by atoms with Gasteiger partial charge in [0.2, 0.25) is 35.4 Å². The second-order valence-corrected chi connectivity index (χ2v) is 29.0. The molecule has 1 saturated heterocycles. The van der Waals surface area contributed by atoms with Crippen LogP contribution in [0.25, 0.3) is 10.9 Å². The molecule has 0 spiro atoms. The average molecular weight is 1380 g/mol. The van der Waals surface area contributed by atoms with Gasteiger partial charge in [0.05, 0.1) is 48.6 Å². The van der Waals surface area contributed by atoms with Crippen LogP contribution >= 0.6 is 21.6 Å². The van der Waals surface area contributed by atoms with Gasteiger partial charge in [-0.05, 0) is 113 Å². The maximum absolute atomic E-state index is 15.4. The van der Waals surface area contributed by atoms with E-state index in [1.165, 1.54) is 58.8 Å². The van der Waals surface area contributed by atoms with Crippen LogP contribution in [-0.4, -0.2) is 162 Å². The van der Waals surface area contributed by atoms with E-state index in [2.05, 4.69) is 47.2 Å². The van der Waals surface area contributed by atoms with Crippen LogP contribution in [0.4, 0.5) is 0 Å². The van der Waals surface area contributed by atoms with Gasteiger partial charge in [0.15, 0.2) is 11.6 Å². The molecule has 8 rings (SSSR count). The molecule has 2 fully saturated rings. The van der Waals surface area contributed by atoms with E-state index < -0.39 is 127 Å². The Kier molecular flexibility index (Phi) is 30.9. The lowest BCUT2D eigenvalue weighted by molar-refractivity contribution is -0.137. The molecule has 6 amide bonds. The lowest BCUT2D eigenvalue weighted by Crippen LogP contribution is -2.61. The number of aliphatic hydroxyl groups is 3. The maximum atomic E-state index is 15.4. The number of nitrogens with one attached hydrogen (secondary N) is 7. The molecular formula is C72H101N11O12S2. The van der Waals surface area contributed by atoms with Gasteiger partial charge < -0.3 is 62.7 Å². The zero-order valence-corrected chi connectivity index (χ0v) is 57.8. The molecule has 97 heavy (non-hydrogen) atoms. The number of Topliss-reactive ketones (excluding diaryl/α,β-unsaturated/α-hetero) is 2. The second-order valence-electron chi connectivity index (χ2n) is 26.5. The third-order valence-corrected chi connectivity index (χ3v) is 21.4. The predicted octanol–water partition coefficient (Wildman–Crippen LogP) is 6.14. The first-order valence-electron chi connectivity index (χ1n) is 34.9. The molecule has 5 aromatic rings. The number of carbonyl (C=O) groups excluding carboxylic acids is 8. The van der Waals surface area contributed by atoms with Gasteiger partial charge in [0, 0.05) is 54.0 Å². The molecular weight excluding hydrogens is 1270 g/mol. The Labute approximate surface area is 577 Å². The summed E-state index contributed by atoms with van der Waals surface area (Å²) in [6.45, 7) is 2.60. The molecule has 2 aliphatic carbocycles. The van der Waals surface area contributed by atoms with Crippen molar-refractivity contribution in [3.63, 3.8) is 0 Å². The number of nitrogens with two attached hydrogens (primary N) is 1. The second kappa shape index (κ2) is 39.6. The maximum Gasteiger partial charge on any atom is 0.245 e. The van der Waals surface area contributed by atoms with Crippen LogP contribution in [0.15, 0.2) is 91.1 Å². The Morgan fingerprint density at radius 2 is 1.39 bits per heavy atom. The normalized spacial score (nSPS) is 22.7. The van der Waals surface area contributed by atoms with E-state index in [4.69, 9.17) is 10.5 Å². The zero-order chi connectivity index (χ0) is 69.1. The average Bonchev–Trinajstić information content (AvgIpc) is 1.78. The fourth-order valence-electron chi connectivity index (χ4n) is 13.2. The minimum absolute atomic E-state index is 0.00711. The van der Waals surface area contributed by atoms with Crippen LogP contribution in [-0.2, 0) is 75.3 Å². The molecule has 25 heteroatoms. The van der Waals surface area contributed by atoms with Gasteiger partial charge in [0.1, 0.15) is 36.5 Å². The van der Waals surface area contributed by atoms with E-state index in [0.717, 1.165) is 93.9 Å². The summed E-state index contributed by atoms with van der Waals surface area (Å²) in [5.41, 5.74) is 10.3. The highest BCUT2D eigenvalue weighted by Crippen LogP contribution is 2.33. The van der Waals surface area contributed by atoms with Gasteiger partial charge in [-0.25, -0.2) is 4.68 Å². The molecule has 3 aliphatic rings. The van der Waals surface area contributed by atoms with Crippen LogP contribution in [0, 0.1) is 17.8 Å². The van der Waals surface area contributed by atoms with Crippen molar-refractivity contribution in [2.24, 2.45) is 23.5 Å². The van der Waals surface area contributed by atoms with E-state index >= 15 is 19.2 Å². The molecule has 11 atom stereocenters. The molecule has 2 aromatic heterocycles. The fourth-order valence-corrected chi connectivity index (χ4v) is 15.6. The molecule has 0 radical (unpaired) electrons. The third-order valence-electron chi connectivity index (χ3n) is 18.9. The van der Waals surface area contributed by atoms with Gasteiger partial charge in [-0.2, -0.15) is 0 Å². The summed E-state index contributed by atoms with van der Waals surface area (Å²) in [4.78, 5) is 122. The number of para-hydroxylation sites is 1. The molecule has 3 heterocycles. The number of ketones is 2. The minimum Gasteiger partial charge on any atom is -0.394 e. The number of hydrogen-bond acceptors (Lipinski definition) is 17. The van der Waals surface area contributed by atoms with Crippen molar-refractivity contribution in [1.29, 1.82) is 0 Å². The van der Waals surface area contributed by atoms with Gasteiger partial charge in [0.25, 0.3) is 0 Å². The van der Waals surface area contributed by atoms with Gasteiger partial charge in [-0.3, -0.25) is 38.4 Å². The zero-order valence-electron chi connectivity index (χ0n) is 56.1. The van der Waals surface area contributed by atoms with Crippen molar-refractivity contribution in [2.75, 3.05) is 31.3 Å². The van der Waals surface area contributed by atoms with Crippen molar-refractivity contribution in [1.82, 2.24) is 51.9 Å². The molecule has 1 aliphatic heterocycles. The van der Waals surface area contributed by atoms with E-state index in [9.17, 15) is 34.5 Å². The van der Waals surface area contributed by atoms with Crippen molar-refractivity contribution < 1.29 is 58.4 Å². The lowest BCUT2D eigenvalue weighted by atomic mass is 9.88. The predicted molar refractivity (Wildman–Crippen MR) is 374 cm³/mol. The van der Waals surface area contributed by atoms with Crippen molar-refractivity contribution in [3.8, 4) is 0 Å². The number of unbranched alkanes of at least 4 members (excludes halogenated alkanes) is 4. The highest BCUT2D eigenvalue weighted by Gasteiger charge is 2.38. The fraction of sp³-hybridized carbons (Fsp3) is 0.583. The molecule has 11 unspecified atom stereocenters. The largest absolute Gasteiger partial charge is 0.394 e. The van der Waals surface area contributed by atoms with Crippen LogP contribution < -0.4 is 37.6 Å². The number of aromatic nitrogens is 4. The molecule has 0 bridgehead atoms. The minimum atomic E-state index is -1.68. The van der Waals surface area contributed by atoms with Gasteiger partial charge in [-0.15, -0.1) is 5.10 Å². The van der Waals surface area contributed by atoms with Crippen molar-refractivity contribution in [3.05, 3.63) is 119 Å². The SMILES string of the molecule is CC(O)C(CO)NC(=O)C1CSSCC(CC(=O)C(Cc2ccccc2)NC(=O)Cn2nnc3c2CCCCCC3OCCCCCCC2CCCC2)C(=O)NC(Cc2ccccc2)C(=O)CC(Cc2c[nH]c3ccccc23)C(=O)NC(CCCCN)C(=O)NC(C(C)O)C(=O)N1. The Balaban J connectivity index is 1.09. The Hall–Kier alpha value is -7.00. The number of aromatic amines is 1. The summed E-state index contributed by atoms with van der Waals surface area (Å²) >= 11 is 0. The first-order valence-corrected chi connectivity index (χ1v) is 37.4. The Bertz CT molecular complexity index is 3330. The van der Waals surface area contributed by atoms with E-state index in [1.807, 2.05) is 72.8 Å². The van der Waals surface area contributed by atoms with Crippen molar-refractivity contribution >= 4 is 79.5 Å². The lowest BCUT2D eigenvalue weighted by Gasteiger charge is -2.29. The highest BCUT2D eigenvalue weighted by atomic mass is 33.1. The monoisotopic (exact) mass is 1380 g/mol. The Morgan fingerprint density at radius 1 is 0.711 bits per heavy atom. The number of ether oxygens (including phenoxy) is 1. The third kappa shape index (κ3) is 23.6. The number of aliphatic hydroxyl groups excluding tert-OH is 3. The van der Waals surface area contributed by atoms with E-state index in [-0.39, 0.29) is 56.4 Å². The molecule has 528 valence electrons. The number of benzene rings is 3. The number of hydrogen-bond donors (Lipinski definition) is 11. The summed E-state index contributed by atoms with van der Waals surface area (Å²) in [5.74, 6) is -7.36. The van der Waals surface area contributed by atoms with Crippen LogP contribution in [0.2, 0.25) is 0 Å². The van der Waals surface area contributed by atoms with Crippen LogP contribution in [0.3, 0.4) is 0 Å². The van der Waals surface area contributed by atoms with Crippen LogP contribution in [0.5, 0.6) is 0 Å². The van der Waals surface area contributed by atoms with Gasteiger partial charge >= 0.3 is 0 Å². The van der Waals surface area contributed by atoms with Crippen LogP contribution in [0.1, 0.15) is 164 Å². The molecule has 23 nitrogen and oxygen atoms in total. The number of H-pyrrole nitrogens is 1. The summed E-state index contributed by atoms with van der Waals surface area (Å²) < 4.78 is 8.12. The first-order chi connectivity index (χ1) is 47.0. The number of amides is 6. The number of nitrogens with zero attached hydrogens (tertiary/aromatic N) is 3. The molecule has 12 N–H and O–H groups in total. The summed E-state index contributed by atoms with van der Waals surface area (Å²) in [5, 5.41) is 58.2. The summed E-state index contributed by atoms with van der Waals surface area (Å²) in [7, 11) is 2.14. The number of fused-ring (bicyclic) bond motifs is 2. The van der Waals surface area contributed by atoms with E-state index in [0.29, 0.717) is 37.0 Å². The quantitative estimate of drug-likeness (QED) is 0.0189. The molecule has 1 saturated carbocycles. The smallest absolute Gasteiger partial charge is 0.245 e. The summed E-state index contributed by atoms with van der Waals surface area (Å²) in [6, 6.07) is 17.6. The van der Waals surface area contributed by atoms with Crippen molar-refractivity contribution in [2.45, 2.75) is 216 Å². The number of carbonyl (C=O) groups is 8.